The third kappa shape index (κ3) is 12.1. The maximum absolute atomic E-state index is 13.8. The van der Waals surface area contributed by atoms with Crippen LogP contribution in [0.1, 0.15) is 67.2 Å². The molecule has 0 spiro atoms. The highest BCUT2D eigenvalue weighted by atomic mass is 16.7. The molecule has 2 fully saturated rings. The van der Waals surface area contributed by atoms with Gasteiger partial charge in [0, 0.05) is 44.9 Å². The minimum absolute atomic E-state index is 0.0321. The second-order valence-electron chi connectivity index (χ2n) is 16.4. The summed E-state index contributed by atoms with van der Waals surface area (Å²) in [6.07, 6.45) is -4.84. The summed E-state index contributed by atoms with van der Waals surface area (Å²) in [7, 11) is 6.47. The number of hydrogen-bond acceptors (Lipinski definition) is 16. The monoisotopic (exact) mass is 811 g/mol. The number of nitrogens with zero attached hydrogens (tertiary/aromatic N) is 2. The van der Waals surface area contributed by atoms with Crippen LogP contribution in [0.5, 0.6) is 0 Å². The van der Waals surface area contributed by atoms with Crippen LogP contribution in [-0.4, -0.2) is 171 Å². The zero-order valence-electron chi connectivity index (χ0n) is 35.4. The molecule has 0 saturated carbocycles. The van der Waals surface area contributed by atoms with E-state index in [1.165, 1.54) is 14.2 Å². The van der Waals surface area contributed by atoms with Crippen molar-refractivity contribution in [2.24, 2.45) is 28.7 Å². The molecule has 16 heteroatoms. The summed E-state index contributed by atoms with van der Waals surface area (Å²) in [5.74, 6) is -2.11. The fourth-order valence-electron chi connectivity index (χ4n) is 8.44. The number of ketones is 1. The Kier molecular flexibility index (Phi) is 18.1. The van der Waals surface area contributed by atoms with E-state index in [0.717, 1.165) is 11.4 Å². The van der Waals surface area contributed by atoms with Gasteiger partial charge < -0.3 is 63.8 Å². The van der Waals surface area contributed by atoms with Crippen LogP contribution >= 0.6 is 0 Å². The van der Waals surface area contributed by atoms with Gasteiger partial charge in [-0.25, -0.2) is 0 Å². The number of amidine groups is 1. The van der Waals surface area contributed by atoms with Gasteiger partial charge in [0.2, 0.25) is 0 Å². The highest BCUT2D eigenvalue weighted by Crippen LogP contribution is 2.35. The number of nitrogens with one attached hydrogen (secondary N) is 1. The lowest BCUT2D eigenvalue weighted by molar-refractivity contribution is -0.304. The third-order valence-electron chi connectivity index (χ3n) is 11.9. The van der Waals surface area contributed by atoms with Crippen molar-refractivity contribution < 1.29 is 63.2 Å². The summed E-state index contributed by atoms with van der Waals surface area (Å²) >= 11 is 0. The number of likely N-dealkylation sites (N-methyl/N-ethyl adjacent to an activating group) is 1. The Morgan fingerprint density at radius 3 is 2.19 bits per heavy atom. The number of esters is 1. The van der Waals surface area contributed by atoms with E-state index in [1.54, 1.807) is 51.9 Å². The standard InChI is InChI=1S/C41H69N3O13/c1-11-30-27(20-53-41-39(52-10)38(51-9)35(49)25(6)55-41)16-21(2)12-13-28(45)22(3)17-26(18-31-42-14-15-43-31)37(23(4)29(46)19-32(47)56-30)57-40-36(50)33(44(7)8)34(48)24(5)54-40/h12-13,16,22-27,29-30,33-41,46,48-50H,11,14-15,17-20H2,1-10H3,(H,42,43)/b13-12-,21-16+/t22-,23+,24-,25-,26-,27-,29-,30?,33+,34-,35-,36-,37?,38-,39-,40+,41-/m1/s1. The first-order valence-electron chi connectivity index (χ1n) is 20.4. The Bertz CT molecular complexity index is 1400. The second-order valence-corrected chi connectivity index (χ2v) is 16.4. The molecule has 17 atom stereocenters. The van der Waals surface area contributed by atoms with E-state index in [-0.39, 0.29) is 18.8 Å². The van der Waals surface area contributed by atoms with Gasteiger partial charge in [-0.3, -0.25) is 14.6 Å². The molecule has 16 nitrogen and oxygen atoms in total. The Balaban J connectivity index is 1.67. The molecule has 4 rings (SSSR count). The molecule has 2 saturated heterocycles. The number of carbonyl (C=O) groups excluding carboxylic acids is 2. The van der Waals surface area contributed by atoms with Gasteiger partial charge in [-0.2, -0.15) is 0 Å². The van der Waals surface area contributed by atoms with Gasteiger partial charge in [-0.1, -0.05) is 38.5 Å². The molecule has 57 heavy (non-hydrogen) atoms. The normalized spacial score (nSPS) is 43.2. The van der Waals surface area contributed by atoms with Crippen molar-refractivity contribution in [1.29, 1.82) is 0 Å². The van der Waals surface area contributed by atoms with E-state index in [2.05, 4.69) is 10.3 Å². The van der Waals surface area contributed by atoms with E-state index in [9.17, 15) is 30.0 Å². The number of carbonyl (C=O) groups is 2. The predicted octanol–water partition coefficient (Wildman–Crippen LogP) is 1.37. The highest BCUT2D eigenvalue weighted by Gasteiger charge is 2.48. The Labute approximate surface area is 337 Å². The third-order valence-corrected chi connectivity index (χ3v) is 11.9. The first kappa shape index (κ1) is 47.3. The lowest BCUT2D eigenvalue weighted by Gasteiger charge is -2.46. The summed E-state index contributed by atoms with van der Waals surface area (Å²) in [6.45, 7) is 12.1. The van der Waals surface area contributed by atoms with Crippen LogP contribution in [0.15, 0.2) is 28.8 Å². The van der Waals surface area contributed by atoms with E-state index in [4.69, 9.17) is 33.2 Å². The van der Waals surface area contributed by atoms with Crippen LogP contribution in [0.3, 0.4) is 0 Å². The number of allylic oxidation sites excluding steroid dienone is 3. The van der Waals surface area contributed by atoms with Gasteiger partial charge in [0.05, 0.1) is 62.0 Å². The molecule has 4 aliphatic rings. The quantitative estimate of drug-likeness (QED) is 0.187. The molecule has 5 N–H and O–H groups in total. The molecule has 0 radical (unpaired) electrons. The highest BCUT2D eigenvalue weighted by molar-refractivity contribution is 5.92. The topological polar surface area (TPSA) is 207 Å². The van der Waals surface area contributed by atoms with Crippen molar-refractivity contribution in [2.45, 2.75) is 147 Å². The first-order chi connectivity index (χ1) is 27.0. The number of aliphatic hydroxyl groups is 4. The molecule has 2 unspecified atom stereocenters. The number of cyclic esters (lactones) is 1. The molecule has 326 valence electrons. The SMILES string of the molecule is CCC1OC(=O)C[C@@H](O)[C@H](C)C(O[C@@H]2O[C@H](C)[C@@H](O)[C@H](N(C)C)[C@H]2O)[C@@H](CC2=NCCN2)C[C@@H](C)C(=O)/C=C\C(C)=C\[C@@H]1CO[C@@H]1O[C@H](C)[C@@H](O)[C@@H](OC)[C@H]1OC. The van der Waals surface area contributed by atoms with Crippen LogP contribution in [0, 0.1) is 23.7 Å². The molecule has 0 aliphatic carbocycles. The summed E-state index contributed by atoms with van der Waals surface area (Å²) < 4.78 is 42.2. The van der Waals surface area contributed by atoms with Crippen LogP contribution in [0.2, 0.25) is 0 Å². The average Bonchev–Trinajstić information content (AvgIpc) is 3.68. The molecule has 0 amide bonds. The van der Waals surface area contributed by atoms with Crippen LogP contribution < -0.4 is 5.32 Å². The van der Waals surface area contributed by atoms with Crippen molar-refractivity contribution in [3.8, 4) is 0 Å². The smallest absolute Gasteiger partial charge is 0.308 e. The minimum atomic E-state index is -1.25. The molecule has 0 aromatic rings. The predicted molar refractivity (Wildman–Crippen MR) is 210 cm³/mol. The van der Waals surface area contributed by atoms with Gasteiger partial charge >= 0.3 is 5.97 Å². The molecule has 0 aromatic carbocycles. The molecule has 0 aromatic heterocycles. The summed E-state index contributed by atoms with van der Waals surface area (Å²) in [5.41, 5.74) is 0.739. The second kappa shape index (κ2) is 21.8. The van der Waals surface area contributed by atoms with E-state index in [1.807, 2.05) is 26.8 Å². The molecule has 4 heterocycles. The summed E-state index contributed by atoms with van der Waals surface area (Å²) in [4.78, 5) is 33.9. The van der Waals surface area contributed by atoms with Gasteiger partial charge in [0.15, 0.2) is 18.4 Å². The van der Waals surface area contributed by atoms with Gasteiger partial charge in [-0.05, 0) is 59.7 Å². The molecule has 4 aliphatic heterocycles. The molecular formula is C41H69N3O13. The van der Waals surface area contributed by atoms with Crippen LogP contribution in [0.4, 0.5) is 0 Å². The Morgan fingerprint density at radius 2 is 1.58 bits per heavy atom. The average molecular weight is 812 g/mol. The summed E-state index contributed by atoms with van der Waals surface area (Å²) in [6, 6.07) is -0.703. The van der Waals surface area contributed by atoms with Crippen molar-refractivity contribution >= 4 is 17.6 Å². The molecular weight excluding hydrogens is 742 g/mol. The Hall–Kier alpha value is -2.35. The van der Waals surface area contributed by atoms with Crippen LogP contribution in [0.25, 0.3) is 0 Å². The molecule has 0 bridgehead atoms. The maximum Gasteiger partial charge on any atom is 0.308 e. The first-order valence-corrected chi connectivity index (χ1v) is 20.4. The number of methoxy groups -OCH3 is 2. The zero-order valence-corrected chi connectivity index (χ0v) is 35.4. The largest absolute Gasteiger partial charge is 0.462 e. The summed E-state index contributed by atoms with van der Waals surface area (Å²) in [5, 5.41) is 48.1. The van der Waals surface area contributed by atoms with Crippen molar-refractivity contribution in [3.05, 3.63) is 23.8 Å². The lowest BCUT2D eigenvalue weighted by Crippen LogP contribution is -2.63. The number of aliphatic hydroxyl groups excluding tert-OH is 4. The van der Waals surface area contributed by atoms with Crippen molar-refractivity contribution in [1.82, 2.24) is 10.2 Å². The van der Waals surface area contributed by atoms with Crippen LogP contribution in [-0.2, 0) is 42.7 Å². The lowest BCUT2D eigenvalue weighted by atomic mass is 9.79. The van der Waals surface area contributed by atoms with Gasteiger partial charge in [0.1, 0.15) is 30.5 Å². The Morgan fingerprint density at radius 1 is 0.912 bits per heavy atom. The fourth-order valence-corrected chi connectivity index (χ4v) is 8.44. The van der Waals surface area contributed by atoms with E-state index >= 15 is 0 Å². The zero-order chi connectivity index (χ0) is 42.1. The van der Waals surface area contributed by atoms with Gasteiger partial charge in [-0.15, -0.1) is 0 Å². The fraction of sp³-hybridized carbons (Fsp3) is 0.829. The number of hydrogen-bond donors (Lipinski definition) is 5. The van der Waals surface area contributed by atoms with Crippen molar-refractivity contribution in [2.75, 3.05) is 48.0 Å². The van der Waals surface area contributed by atoms with Gasteiger partial charge in [0.25, 0.3) is 0 Å². The van der Waals surface area contributed by atoms with E-state index in [0.29, 0.717) is 32.4 Å². The van der Waals surface area contributed by atoms with Crippen molar-refractivity contribution in [3.63, 3.8) is 0 Å². The minimum Gasteiger partial charge on any atom is -0.462 e. The number of rotatable bonds is 11. The maximum atomic E-state index is 13.8. The number of ether oxygens (including phenoxy) is 7. The van der Waals surface area contributed by atoms with E-state index < -0.39 is 109 Å². The number of aliphatic imine (C=N–C) groups is 1.